The van der Waals surface area contributed by atoms with Crippen molar-refractivity contribution in [2.24, 2.45) is 0 Å². The largest absolute Gasteiger partial charge is 0.268 e. The minimum Gasteiger partial charge on any atom is -0.268 e. The third kappa shape index (κ3) is 8.56. The molecule has 0 aliphatic heterocycles. The number of halogens is 6. The topological polar surface area (TPSA) is 104 Å². The average Bonchev–Trinajstić information content (AvgIpc) is 3.05. The summed E-state index contributed by atoms with van der Waals surface area (Å²) < 4.78 is 108. The molecule has 0 radical (unpaired) electrons. The Balaban J connectivity index is 0.000000201. The second kappa shape index (κ2) is 14.9. The molecule has 0 saturated heterocycles. The highest BCUT2D eigenvalue weighted by atomic mass is 32.2. The van der Waals surface area contributed by atoms with Gasteiger partial charge >= 0.3 is 0 Å². The summed E-state index contributed by atoms with van der Waals surface area (Å²) >= 11 is 0. The van der Waals surface area contributed by atoms with Crippen LogP contribution in [0.5, 0.6) is 0 Å². The van der Waals surface area contributed by atoms with E-state index >= 15 is 0 Å². The molecule has 4 aromatic carbocycles. The van der Waals surface area contributed by atoms with E-state index in [4.69, 9.17) is 0 Å². The van der Waals surface area contributed by atoms with E-state index in [1.54, 1.807) is 48.5 Å². The first-order chi connectivity index (χ1) is 24.3. The summed E-state index contributed by atoms with van der Waals surface area (Å²) in [4.78, 5) is 33.6. The number of fused-ring (bicyclic) bond motifs is 2. The number of nitrogens with zero attached hydrogens (tertiary/aromatic N) is 4. The van der Waals surface area contributed by atoms with E-state index in [0.29, 0.717) is 24.9 Å². The summed E-state index contributed by atoms with van der Waals surface area (Å²) in [5.74, 6) is -9.50. The molecule has 16 heteroatoms. The Kier molecular flexibility index (Phi) is 11.0. The van der Waals surface area contributed by atoms with Gasteiger partial charge in [0.15, 0.2) is 0 Å². The Hall–Kier alpha value is -4.96. The van der Waals surface area contributed by atoms with Crippen LogP contribution in [0.25, 0.3) is 33.2 Å². The van der Waals surface area contributed by atoms with E-state index < -0.39 is 67.7 Å². The minimum atomic E-state index is -3.13. The van der Waals surface area contributed by atoms with Gasteiger partial charge in [0.25, 0.3) is 23.0 Å². The van der Waals surface area contributed by atoms with Gasteiger partial charge in [-0.15, -0.1) is 0 Å². The molecule has 0 aliphatic rings. The molecule has 6 aromatic rings. The molecule has 52 heavy (non-hydrogen) atoms. The quantitative estimate of drug-likeness (QED) is 0.152. The van der Waals surface area contributed by atoms with Crippen molar-refractivity contribution in [3.05, 3.63) is 129 Å². The van der Waals surface area contributed by atoms with Crippen LogP contribution < -0.4 is 11.1 Å². The zero-order valence-electron chi connectivity index (χ0n) is 28.0. The maximum atomic E-state index is 14.5. The normalized spacial score (nSPS) is 13.1. The molecule has 6 rings (SSSR count). The van der Waals surface area contributed by atoms with E-state index in [9.17, 15) is 44.3 Å². The van der Waals surface area contributed by atoms with Crippen LogP contribution in [0.4, 0.5) is 26.3 Å². The maximum Gasteiger partial charge on any atom is 0.265 e. The van der Waals surface area contributed by atoms with Crippen LogP contribution >= 0.6 is 0 Å². The summed E-state index contributed by atoms with van der Waals surface area (Å²) in [7, 11) is -4.09. The van der Waals surface area contributed by atoms with Crippen molar-refractivity contribution in [1.29, 1.82) is 0 Å². The van der Waals surface area contributed by atoms with Crippen LogP contribution in [0, 0.1) is 25.5 Å². The fourth-order valence-electron chi connectivity index (χ4n) is 5.24. The number of benzene rings is 4. The number of aromatic nitrogens is 4. The standard InChI is InChI=1S/2C18H15F3N2O2S/c2*1-11-7-13(19)15(8-16(11)26(25)9-18(2,20)21)23-10-22-14-6-4-3-5-12(14)17(23)24/h2*3-8,10H,9H2,1-2H3/t2*26-/m10/s1. The van der Waals surface area contributed by atoms with Crippen LogP contribution in [0.15, 0.2) is 105 Å². The second-order valence-electron chi connectivity index (χ2n) is 12.1. The molecule has 2 atom stereocenters. The van der Waals surface area contributed by atoms with Crippen molar-refractivity contribution in [3.63, 3.8) is 0 Å². The molecule has 0 amide bonds. The third-order valence-corrected chi connectivity index (χ3v) is 11.0. The fourth-order valence-corrected chi connectivity index (χ4v) is 7.80. The molecule has 0 spiro atoms. The lowest BCUT2D eigenvalue weighted by Gasteiger charge is -2.14. The first-order valence-corrected chi connectivity index (χ1v) is 18.0. The summed E-state index contributed by atoms with van der Waals surface area (Å²) in [6.45, 7) is 4.30. The second-order valence-corrected chi connectivity index (χ2v) is 15.0. The number of aryl methyl sites for hydroxylation is 2. The Labute approximate surface area is 297 Å². The van der Waals surface area contributed by atoms with Gasteiger partial charge in [-0.2, -0.15) is 0 Å². The summed E-state index contributed by atoms with van der Waals surface area (Å²) in [6.07, 6.45) is 2.33. The summed E-state index contributed by atoms with van der Waals surface area (Å²) in [6, 6.07) is 17.7. The molecule has 0 bridgehead atoms. The van der Waals surface area contributed by atoms with Crippen LogP contribution in [0.2, 0.25) is 0 Å². The molecule has 0 fully saturated rings. The first kappa shape index (κ1) is 38.3. The lowest BCUT2D eigenvalue weighted by Crippen LogP contribution is -2.22. The van der Waals surface area contributed by atoms with Crippen LogP contribution in [0.1, 0.15) is 25.0 Å². The minimum absolute atomic E-state index is 0.0583. The van der Waals surface area contributed by atoms with E-state index in [0.717, 1.165) is 21.3 Å². The highest BCUT2D eigenvalue weighted by Gasteiger charge is 2.28. The van der Waals surface area contributed by atoms with Crippen molar-refractivity contribution in [1.82, 2.24) is 19.1 Å². The number of hydrogen-bond acceptors (Lipinski definition) is 6. The molecule has 8 nitrogen and oxygen atoms in total. The predicted molar refractivity (Wildman–Crippen MR) is 188 cm³/mol. The summed E-state index contributed by atoms with van der Waals surface area (Å²) in [5.41, 5.74) is 0.0905. The van der Waals surface area contributed by atoms with Crippen LogP contribution in [-0.4, -0.2) is 50.9 Å². The molecule has 2 aromatic heterocycles. The molecule has 0 N–H and O–H groups in total. The molecular weight excluding hydrogens is 731 g/mol. The van der Waals surface area contributed by atoms with Gasteiger partial charge < -0.3 is 0 Å². The molecule has 272 valence electrons. The van der Waals surface area contributed by atoms with E-state index in [2.05, 4.69) is 9.97 Å². The monoisotopic (exact) mass is 760 g/mol. The van der Waals surface area contributed by atoms with Crippen molar-refractivity contribution in [3.8, 4) is 11.4 Å². The third-order valence-electron chi connectivity index (χ3n) is 7.60. The Morgan fingerprint density at radius 3 is 1.31 bits per heavy atom. The molecule has 2 heterocycles. The number of alkyl halides is 4. The Morgan fingerprint density at radius 2 is 0.962 bits per heavy atom. The van der Waals surface area contributed by atoms with E-state index in [1.807, 2.05) is 0 Å². The lowest BCUT2D eigenvalue weighted by molar-refractivity contribution is 0.0473. The van der Waals surface area contributed by atoms with Gasteiger partial charge in [-0.1, -0.05) is 24.3 Å². The first-order valence-electron chi connectivity index (χ1n) is 15.4. The van der Waals surface area contributed by atoms with Gasteiger partial charge in [0.1, 0.15) is 24.3 Å². The van der Waals surface area contributed by atoms with Gasteiger partial charge in [0.2, 0.25) is 0 Å². The summed E-state index contributed by atoms with van der Waals surface area (Å²) in [5, 5.41) is 0.579. The SMILES string of the molecule is Cc1cc(F)c(-n2cnc3ccccc3c2=O)cc1[S@@](=O)CC(C)(F)F.Cc1cc(F)c(-n2cnc3ccccc3c2=O)cc1[S@](=O)CC(C)(F)F. The molecular formula is C36H30F6N4O4S2. The van der Waals surface area contributed by atoms with Gasteiger partial charge in [-0.3, -0.25) is 27.1 Å². The molecule has 0 aliphatic carbocycles. The van der Waals surface area contributed by atoms with Crippen LogP contribution in [0.3, 0.4) is 0 Å². The fraction of sp³-hybridized carbons (Fsp3) is 0.222. The smallest absolute Gasteiger partial charge is 0.265 e. The zero-order chi connectivity index (χ0) is 38.1. The number of para-hydroxylation sites is 2. The van der Waals surface area contributed by atoms with Gasteiger partial charge in [-0.25, -0.2) is 36.3 Å². The molecule has 0 unspecified atom stereocenters. The van der Waals surface area contributed by atoms with Crippen LogP contribution in [-0.2, 0) is 21.6 Å². The van der Waals surface area contributed by atoms with Gasteiger partial charge in [0, 0.05) is 23.6 Å². The number of hydrogen-bond donors (Lipinski definition) is 0. The van der Waals surface area contributed by atoms with Crippen molar-refractivity contribution < 1.29 is 34.8 Å². The lowest BCUT2D eigenvalue weighted by atomic mass is 10.2. The van der Waals surface area contributed by atoms with Gasteiger partial charge in [-0.05, 0) is 73.5 Å². The molecule has 0 saturated carbocycles. The van der Waals surface area contributed by atoms with E-state index in [1.165, 1.54) is 38.6 Å². The Morgan fingerprint density at radius 1 is 0.615 bits per heavy atom. The van der Waals surface area contributed by atoms with Gasteiger partial charge in [0.05, 0.1) is 66.3 Å². The van der Waals surface area contributed by atoms with E-state index in [-0.39, 0.29) is 43.1 Å². The predicted octanol–water partition coefficient (Wildman–Crippen LogP) is 7.19. The number of rotatable bonds is 8. The zero-order valence-corrected chi connectivity index (χ0v) is 29.6. The maximum absolute atomic E-state index is 14.5. The van der Waals surface area contributed by atoms with Crippen molar-refractivity contribution in [2.75, 3.05) is 11.5 Å². The highest BCUT2D eigenvalue weighted by molar-refractivity contribution is 7.85. The van der Waals surface area contributed by atoms with Crippen molar-refractivity contribution >= 4 is 43.4 Å². The Bertz CT molecular complexity index is 2320. The highest BCUT2D eigenvalue weighted by Crippen LogP contribution is 2.26. The average molecular weight is 761 g/mol. The van der Waals surface area contributed by atoms with Crippen molar-refractivity contribution in [2.45, 2.75) is 49.3 Å².